The molecule has 0 aliphatic rings. The number of Topliss-reactive ketones (excluding diaryl/α,β-unsaturated/α-hetero) is 1. The van der Waals surface area contributed by atoms with E-state index >= 15 is 0 Å². The van der Waals surface area contributed by atoms with Crippen molar-refractivity contribution < 1.29 is 35.5 Å². The molecule has 0 fully saturated rings. The number of benzene rings is 1. The van der Waals surface area contributed by atoms with Crippen LogP contribution in [0.2, 0.25) is 0 Å². The van der Waals surface area contributed by atoms with E-state index in [9.17, 15) is 4.79 Å². The molecule has 0 aromatic heterocycles. The molecule has 60 valence electrons. The van der Waals surface area contributed by atoms with Crippen LogP contribution in [0.15, 0.2) is 24.3 Å². The third-order valence-corrected chi connectivity index (χ3v) is 2.59. The topological polar surface area (TPSA) is 17.1 Å². The zero-order chi connectivity index (χ0) is 8.27. The maximum Gasteiger partial charge on any atom is -1.00 e. The number of rotatable bonds is 2. The summed E-state index contributed by atoms with van der Waals surface area (Å²) in [5.74, 6) is 0.227. The molecule has 0 aliphatic carbocycles. The van der Waals surface area contributed by atoms with E-state index in [0.717, 1.165) is 23.9 Å². The van der Waals surface area contributed by atoms with E-state index < -0.39 is 0 Å². The molecule has 0 amide bonds. The third kappa shape index (κ3) is 3.04. The van der Waals surface area contributed by atoms with Crippen molar-refractivity contribution in [1.29, 1.82) is 0 Å². The minimum atomic E-state index is 0. The molecule has 0 aliphatic heterocycles. The van der Waals surface area contributed by atoms with E-state index in [4.69, 9.17) is 0 Å². The maximum atomic E-state index is 11.1. The van der Waals surface area contributed by atoms with E-state index in [1.54, 1.807) is 0 Å². The smallest absolute Gasteiger partial charge is 1.00 e. The summed E-state index contributed by atoms with van der Waals surface area (Å²) in [4.78, 5) is 11.1. The minimum absolute atomic E-state index is 0. The summed E-state index contributed by atoms with van der Waals surface area (Å²) < 4.78 is 1.32. The van der Waals surface area contributed by atoms with Crippen molar-refractivity contribution in [3.05, 3.63) is 29.8 Å². The summed E-state index contributed by atoms with van der Waals surface area (Å²) in [7, 11) is 0. The van der Waals surface area contributed by atoms with Crippen molar-refractivity contribution in [2.24, 2.45) is 0 Å². The van der Waals surface area contributed by atoms with E-state index in [0.29, 0.717) is 6.42 Å². The second kappa shape index (κ2) is 5.45. The van der Waals surface area contributed by atoms with Crippen LogP contribution >= 0.6 is 0 Å². The first-order valence-corrected chi connectivity index (χ1v) is 5.17. The molecule has 1 aromatic carbocycles. The summed E-state index contributed by atoms with van der Waals surface area (Å²) in [6, 6.07) is 7.85. The quantitative estimate of drug-likeness (QED) is 0.447. The summed E-state index contributed by atoms with van der Waals surface area (Å²) in [5, 5.41) is 0. The van der Waals surface area contributed by atoms with Gasteiger partial charge in [-0.2, -0.15) is 0 Å². The predicted molar refractivity (Wildman–Crippen MR) is 40.7 cm³/mol. The van der Waals surface area contributed by atoms with Crippen LogP contribution < -0.4 is 16.6 Å². The molecule has 1 aromatic rings. The van der Waals surface area contributed by atoms with Gasteiger partial charge in [-0.05, 0) is 0 Å². The van der Waals surface area contributed by atoms with Crippen molar-refractivity contribution in [3.8, 4) is 0 Å². The zero-order valence-corrected chi connectivity index (χ0v) is 10.7. The van der Waals surface area contributed by atoms with Gasteiger partial charge in [-0.3, -0.25) is 0 Å². The molecular formula is C9H9ClOZn. The van der Waals surface area contributed by atoms with E-state index in [2.05, 4.69) is 0 Å². The Morgan fingerprint density at radius 1 is 1.33 bits per heavy atom. The van der Waals surface area contributed by atoms with Gasteiger partial charge in [0.15, 0.2) is 0 Å². The van der Waals surface area contributed by atoms with Crippen LogP contribution in [0.3, 0.4) is 0 Å². The molecule has 0 unspecified atom stereocenters. The van der Waals surface area contributed by atoms with Gasteiger partial charge in [-0.15, -0.1) is 0 Å². The molecule has 0 atom stereocenters. The first-order valence-electron chi connectivity index (χ1n) is 3.69. The number of ketones is 1. The number of carbonyl (C=O) groups excluding carboxylic acids is 1. The Morgan fingerprint density at radius 2 is 1.83 bits per heavy atom. The van der Waals surface area contributed by atoms with Crippen LogP contribution in [-0.4, -0.2) is 5.78 Å². The fourth-order valence-electron chi connectivity index (χ4n) is 0.895. The van der Waals surface area contributed by atoms with Crippen LogP contribution in [0, 0.1) is 0 Å². The first kappa shape index (κ1) is 11.8. The molecule has 1 nitrogen and oxygen atoms in total. The second-order valence-electron chi connectivity index (χ2n) is 2.47. The van der Waals surface area contributed by atoms with Crippen LogP contribution in [-0.2, 0) is 18.3 Å². The van der Waals surface area contributed by atoms with Gasteiger partial charge in [-0.1, -0.05) is 0 Å². The fourth-order valence-corrected chi connectivity index (χ4v) is 1.39. The van der Waals surface area contributed by atoms with Gasteiger partial charge in [0.2, 0.25) is 0 Å². The predicted octanol–water partition coefficient (Wildman–Crippen LogP) is -1.54. The van der Waals surface area contributed by atoms with Crippen LogP contribution in [0.1, 0.15) is 23.7 Å². The molecule has 1 rings (SSSR count). The fraction of sp³-hybridized carbons (Fsp3) is 0.222. The maximum absolute atomic E-state index is 11.1. The molecular weight excluding hydrogens is 225 g/mol. The Hall–Kier alpha value is -0.197. The molecule has 0 spiro atoms. The van der Waals surface area contributed by atoms with Gasteiger partial charge < -0.3 is 12.4 Å². The van der Waals surface area contributed by atoms with Gasteiger partial charge in [0.05, 0.1) is 0 Å². The van der Waals surface area contributed by atoms with Crippen LogP contribution in [0.25, 0.3) is 0 Å². The minimum Gasteiger partial charge on any atom is -1.00 e. The molecule has 0 N–H and O–H groups in total. The molecule has 0 bridgehead atoms. The van der Waals surface area contributed by atoms with Crippen LogP contribution in [0.4, 0.5) is 0 Å². The molecule has 0 saturated heterocycles. The van der Waals surface area contributed by atoms with Crippen molar-refractivity contribution in [2.45, 2.75) is 13.3 Å². The number of hydrogen-bond donors (Lipinski definition) is 0. The van der Waals surface area contributed by atoms with E-state index in [1.165, 1.54) is 4.16 Å². The Kier molecular flexibility index (Phi) is 5.36. The van der Waals surface area contributed by atoms with E-state index in [1.807, 2.05) is 31.2 Å². The van der Waals surface area contributed by atoms with Crippen molar-refractivity contribution in [3.63, 3.8) is 0 Å². The Balaban J connectivity index is 0.00000121. The molecule has 12 heavy (non-hydrogen) atoms. The van der Waals surface area contributed by atoms with Crippen LogP contribution in [0.5, 0.6) is 0 Å². The van der Waals surface area contributed by atoms with Crippen molar-refractivity contribution in [1.82, 2.24) is 0 Å². The molecule has 0 radical (unpaired) electrons. The summed E-state index contributed by atoms with van der Waals surface area (Å²) >= 11 is 1.15. The normalized spacial score (nSPS) is 8.92. The van der Waals surface area contributed by atoms with Crippen molar-refractivity contribution >= 4 is 9.94 Å². The standard InChI is InChI=1S/C9H9O.ClH.Zn/c1-2-9(10)8-6-4-3-5-7-8;;/h4-7H,2H2,1H3;1H;/q;;+1/p-1. The summed E-state index contributed by atoms with van der Waals surface area (Å²) in [6.07, 6.45) is 0.597. The Labute approximate surface area is 88.6 Å². The zero-order valence-electron chi connectivity index (χ0n) is 7.01. The summed E-state index contributed by atoms with van der Waals surface area (Å²) in [6.45, 7) is 1.88. The first-order chi connectivity index (χ1) is 5.24. The second-order valence-corrected chi connectivity index (χ2v) is 4.19. The SMILES string of the molecule is CCC(=O)c1cc[c]([Zn+])cc1.[Cl-]. The average Bonchev–Trinajstić information content (AvgIpc) is 2.05. The number of hydrogen-bond acceptors (Lipinski definition) is 1. The largest absolute Gasteiger partial charge is 1.00 e. The number of carbonyl (C=O) groups is 1. The Bertz CT molecular complexity index is 256. The van der Waals surface area contributed by atoms with Gasteiger partial charge in [0.25, 0.3) is 0 Å². The average molecular weight is 234 g/mol. The Morgan fingerprint density at radius 3 is 2.25 bits per heavy atom. The third-order valence-electron chi connectivity index (χ3n) is 1.60. The molecule has 0 saturated carbocycles. The van der Waals surface area contributed by atoms with Gasteiger partial charge in [0.1, 0.15) is 0 Å². The molecule has 3 heteroatoms. The number of halogens is 1. The van der Waals surface area contributed by atoms with Gasteiger partial charge in [-0.25, -0.2) is 0 Å². The van der Waals surface area contributed by atoms with Crippen molar-refractivity contribution in [2.75, 3.05) is 0 Å². The van der Waals surface area contributed by atoms with E-state index in [-0.39, 0.29) is 18.2 Å². The van der Waals surface area contributed by atoms with Gasteiger partial charge >= 0.3 is 76.2 Å². The monoisotopic (exact) mass is 232 g/mol. The summed E-state index contributed by atoms with van der Waals surface area (Å²) in [5.41, 5.74) is 0.838. The molecule has 0 heterocycles. The van der Waals surface area contributed by atoms with Gasteiger partial charge in [0, 0.05) is 0 Å².